The fraction of sp³-hybridized carbons (Fsp3) is 0.164. The van der Waals surface area contributed by atoms with Crippen molar-refractivity contribution in [2.75, 3.05) is 109 Å². The lowest BCUT2D eigenvalue weighted by Crippen LogP contribution is -2.44. The third-order valence-corrected chi connectivity index (χ3v) is 26.2. The van der Waals surface area contributed by atoms with Gasteiger partial charge in [-0.15, -0.1) is 0 Å². The van der Waals surface area contributed by atoms with E-state index < -0.39 is 0 Å². The van der Waals surface area contributed by atoms with E-state index in [0.29, 0.717) is 110 Å². The smallest absolute Gasteiger partial charge is 0.181 e. The molecular weight excluding hydrogens is 1890 g/mol. The third-order valence-electron chi connectivity index (χ3n) is 26.2. The van der Waals surface area contributed by atoms with Crippen LogP contribution < -0.4 is 15.5 Å². The molecule has 39 heteroatoms. The van der Waals surface area contributed by atoms with Gasteiger partial charge in [-0.25, -0.2) is 57.4 Å². The normalized spacial score (nSPS) is 13.2. The molecule has 0 bridgehead atoms. The number of hydrogen-bond acceptors (Lipinski definition) is 27. The molecule has 24 aromatic rings. The van der Waals surface area contributed by atoms with Crippen molar-refractivity contribution in [2.24, 2.45) is 0 Å². The highest BCUT2D eigenvalue weighted by Crippen LogP contribution is 2.41. The first-order chi connectivity index (χ1) is 72.8. The maximum Gasteiger partial charge on any atom is 0.181 e. The molecule has 2 aliphatic rings. The summed E-state index contributed by atoms with van der Waals surface area (Å²) in [5, 5.41) is 39.7. The van der Waals surface area contributed by atoms with Gasteiger partial charge in [0.15, 0.2) is 45.9 Å². The molecular formula is C110H95F4N35. The van der Waals surface area contributed by atoms with Crippen molar-refractivity contribution in [3.05, 3.63) is 298 Å². The number of piperazine rings is 2. The number of fused-ring (bicyclic) bond motifs is 8. The van der Waals surface area contributed by atoms with Crippen LogP contribution in [0, 0.1) is 23.3 Å². The van der Waals surface area contributed by atoms with Crippen LogP contribution in [-0.2, 0) is 6.54 Å². The highest BCUT2D eigenvalue weighted by molar-refractivity contribution is 6.02. The van der Waals surface area contributed by atoms with E-state index in [4.69, 9.17) is 19.9 Å². The average molecular weight is 1980 g/mol. The third kappa shape index (κ3) is 20.1. The van der Waals surface area contributed by atoms with Gasteiger partial charge in [0.05, 0.1) is 96.2 Å². The molecule has 0 amide bonds. The number of anilines is 3. The Kier molecular flexibility index (Phi) is 25.8. The Labute approximate surface area is 847 Å². The molecule has 738 valence electrons. The van der Waals surface area contributed by atoms with Gasteiger partial charge in [0.2, 0.25) is 0 Å². The van der Waals surface area contributed by atoms with Gasteiger partial charge in [-0.05, 0) is 185 Å². The molecule has 26 rings (SSSR count). The molecule has 35 nitrogen and oxygen atoms in total. The van der Waals surface area contributed by atoms with E-state index >= 15 is 0 Å². The van der Waals surface area contributed by atoms with E-state index in [9.17, 15) is 17.6 Å². The van der Waals surface area contributed by atoms with Gasteiger partial charge in [-0.3, -0.25) is 65.2 Å². The predicted octanol–water partition coefficient (Wildman–Crippen LogP) is 19.4. The molecule has 2 fully saturated rings. The highest BCUT2D eigenvalue weighted by atomic mass is 19.1. The van der Waals surface area contributed by atoms with Crippen LogP contribution in [0.3, 0.4) is 0 Å². The number of H-pyrrole nitrogens is 8. The number of halogens is 4. The van der Waals surface area contributed by atoms with Crippen molar-refractivity contribution in [1.82, 2.24) is 160 Å². The number of nitrogens with zero attached hydrogens (tertiary/aromatic N) is 25. The van der Waals surface area contributed by atoms with Crippen molar-refractivity contribution >= 4 is 105 Å². The van der Waals surface area contributed by atoms with Crippen LogP contribution in [0.15, 0.2) is 270 Å². The number of nitrogens with one attached hydrogen (secondary N) is 10. The van der Waals surface area contributed by atoms with Crippen molar-refractivity contribution in [3.63, 3.8) is 0 Å². The fourth-order valence-electron chi connectivity index (χ4n) is 18.7. The molecule has 20 aromatic heterocycles. The molecule has 0 aliphatic carbocycles. The minimum Gasteiger partial charge on any atom is -0.384 e. The second-order valence-corrected chi connectivity index (χ2v) is 37.3. The second kappa shape index (κ2) is 40.9. The summed E-state index contributed by atoms with van der Waals surface area (Å²) in [7, 11) is 8.23. The van der Waals surface area contributed by atoms with Gasteiger partial charge in [0, 0.05) is 255 Å². The first-order valence-corrected chi connectivity index (χ1v) is 48.4. The Morgan fingerprint density at radius 3 is 1.13 bits per heavy atom. The number of imidazole rings is 4. The molecule has 0 atom stereocenters. The minimum atomic E-state index is -0.328. The lowest BCUT2D eigenvalue weighted by Gasteiger charge is -2.34. The van der Waals surface area contributed by atoms with E-state index in [1.165, 1.54) is 24.3 Å². The van der Waals surface area contributed by atoms with E-state index in [1.807, 2.05) is 111 Å². The standard InChI is InChI=1S/C29H26FN9.C28H24FN9.C27H24FN9.C26H21FN8/c1-38-5-7-39(8-6-38)17-18-9-20(11-22(30)10-18)24-15-32-16-25-26(24)35-29(34-25)27-23-12-21(14-33-28(23)37-36-27)19-3-2-4-31-13-19;1-37-5-7-38(8-6-37)21-10-18(9-20(29)12-21)23-15-31-16-24-25(23)34-28(33-24)26-22-11-19(14-32-27(22)36-35-26)17-3-2-4-30-13-17;1-37(2)7-6-31-20-9-17(8-19(28)11-20)22-14-30-15-23-24(22)34-27(33-23)25-21-10-18(13-32-26(21)36-35-25)16-4-3-5-29-12-16;1-14(2)31-19-7-16(9-28-11-19)17-8-20-24(34-35-25(20)30-10-17)26-32-22-13-29-12-21(23(22)33-26)15-4-3-5-18(27)6-15/h2-4,9-16H,5-8,17H2,1H3,(H,34,35)(H,33,36,37);2-4,9-16H,5-8H2,1H3,(H,33,34)(H,32,35,36);3-5,8-15,31H,6-7H2,1-2H3,(H,33,34)(H,32,35,36);3-14,31H,1-2H3,(H,32,33)(H,30,34,35). The molecule has 4 aromatic carbocycles. The Balaban J connectivity index is 0.000000109. The summed E-state index contributed by atoms with van der Waals surface area (Å²) in [5.41, 5.74) is 27.9. The predicted molar refractivity (Wildman–Crippen MR) is 570 cm³/mol. The number of aromatic amines is 8. The molecule has 22 heterocycles. The number of aromatic nitrogens is 28. The SMILES string of the molecule is CC(C)Nc1cncc(-c2cnc3n[nH]c(-c4nc5c(-c6cccc(F)c6)cncc5[nH]4)c3c2)c1.CN(C)CCNc1cc(F)cc(-c2cncc3[nH]c(-c4[nH]nc5ncc(-c6cccnc6)cc45)nc23)c1.CN1CCN(Cc2cc(F)cc(-c3cncc4[nH]c(-c5[nH]nc6ncc(-c7cccnc7)cc56)nc34)c2)CC1.CN1CCN(c2cc(F)cc(-c3cncc4[nH]c(-c5[nH]nc6ncc(-c7cccnc7)cc56)nc34)c2)CC1. The Bertz CT molecular complexity index is 9010. The number of pyridine rings is 12. The van der Waals surface area contributed by atoms with E-state index in [1.54, 1.807) is 148 Å². The van der Waals surface area contributed by atoms with E-state index in [2.05, 4.69) is 184 Å². The van der Waals surface area contributed by atoms with E-state index in [0.717, 1.165) is 214 Å². The molecule has 2 aliphatic heterocycles. The quantitative estimate of drug-likeness (QED) is 0.0299. The highest BCUT2D eigenvalue weighted by Gasteiger charge is 2.27. The molecule has 10 N–H and O–H groups in total. The van der Waals surface area contributed by atoms with Gasteiger partial charge in [0.1, 0.15) is 46.0 Å². The zero-order valence-electron chi connectivity index (χ0n) is 81.5. The number of likely N-dealkylation sites (N-methyl/N-ethyl adjacent to an activating group) is 3. The summed E-state index contributed by atoms with van der Waals surface area (Å²) >= 11 is 0. The summed E-state index contributed by atoms with van der Waals surface area (Å²) in [6.45, 7) is 14.0. The lowest BCUT2D eigenvalue weighted by atomic mass is 10.0. The van der Waals surface area contributed by atoms with Crippen molar-refractivity contribution < 1.29 is 17.6 Å². The maximum absolute atomic E-state index is 14.8. The Morgan fingerprint density at radius 2 is 0.705 bits per heavy atom. The molecule has 0 radical (unpaired) electrons. The summed E-state index contributed by atoms with van der Waals surface area (Å²) in [6.07, 6.45) is 35.1. The summed E-state index contributed by atoms with van der Waals surface area (Å²) in [4.78, 5) is 96.8. The van der Waals surface area contributed by atoms with Crippen LogP contribution in [0.2, 0.25) is 0 Å². The van der Waals surface area contributed by atoms with Crippen molar-refractivity contribution in [2.45, 2.75) is 26.4 Å². The van der Waals surface area contributed by atoms with Crippen LogP contribution >= 0.6 is 0 Å². The molecule has 2 saturated heterocycles. The number of hydrogen-bond donors (Lipinski definition) is 10. The van der Waals surface area contributed by atoms with Crippen LogP contribution in [0.4, 0.5) is 34.6 Å². The number of benzene rings is 4. The molecule has 149 heavy (non-hydrogen) atoms. The monoisotopic (exact) mass is 1980 g/mol. The first kappa shape index (κ1) is 94.0. The fourth-order valence-corrected chi connectivity index (χ4v) is 18.7. The van der Waals surface area contributed by atoms with Gasteiger partial charge in [-0.2, -0.15) is 20.4 Å². The van der Waals surface area contributed by atoms with Crippen LogP contribution in [0.25, 0.3) is 223 Å². The van der Waals surface area contributed by atoms with Gasteiger partial charge in [-0.1, -0.05) is 30.3 Å². The zero-order valence-corrected chi connectivity index (χ0v) is 81.5. The topological polar surface area (TPSA) is 424 Å². The van der Waals surface area contributed by atoms with Gasteiger partial charge < -0.3 is 50.2 Å². The van der Waals surface area contributed by atoms with Gasteiger partial charge in [0.25, 0.3) is 0 Å². The molecule has 0 spiro atoms. The van der Waals surface area contributed by atoms with E-state index in [-0.39, 0.29) is 23.3 Å². The Hall–Kier alpha value is -18.6. The molecule has 0 saturated carbocycles. The van der Waals surface area contributed by atoms with Crippen LogP contribution in [0.1, 0.15) is 19.4 Å². The number of rotatable bonds is 21. The van der Waals surface area contributed by atoms with Crippen LogP contribution in [-0.4, -0.2) is 260 Å². The van der Waals surface area contributed by atoms with Crippen molar-refractivity contribution in [3.8, 4) is 135 Å². The molecule has 0 unspecified atom stereocenters. The average Bonchev–Trinajstić information content (AvgIpc) is 1.62. The lowest BCUT2D eigenvalue weighted by molar-refractivity contribution is 0.148. The summed E-state index contributed by atoms with van der Waals surface area (Å²) < 4.78 is 58.0. The van der Waals surface area contributed by atoms with Crippen molar-refractivity contribution in [1.29, 1.82) is 0 Å². The summed E-state index contributed by atoms with van der Waals surface area (Å²) in [5.74, 6) is 1.23. The van der Waals surface area contributed by atoms with Crippen LogP contribution in [0.5, 0.6) is 0 Å². The summed E-state index contributed by atoms with van der Waals surface area (Å²) in [6, 6.07) is 43.8. The van der Waals surface area contributed by atoms with Gasteiger partial charge >= 0.3 is 0 Å². The zero-order chi connectivity index (χ0) is 101. The maximum atomic E-state index is 14.8. The first-order valence-electron chi connectivity index (χ1n) is 48.4. The largest absolute Gasteiger partial charge is 0.384 e. The minimum absolute atomic E-state index is 0.266. The second-order valence-electron chi connectivity index (χ2n) is 37.3. The Morgan fingerprint density at radius 1 is 0.336 bits per heavy atom.